The topological polar surface area (TPSA) is 66.8 Å². The Bertz CT molecular complexity index is 241. The summed E-state index contributed by atoms with van der Waals surface area (Å²) in [6.07, 6.45) is 12.0. The number of aliphatic hydroxyl groups excluding tert-OH is 2. The van der Waals surface area contributed by atoms with Crippen molar-refractivity contribution in [3.05, 3.63) is 12.7 Å². The Morgan fingerprint density at radius 1 is 0.950 bits per heavy atom. The number of rotatable bonds is 14. The van der Waals surface area contributed by atoms with Crippen molar-refractivity contribution in [2.75, 3.05) is 6.61 Å². The smallest absolute Gasteiger partial charge is 0.332 e. The molecular formula is C16H30O4. The molecule has 0 heterocycles. The van der Waals surface area contributed by atoms with Crippen LogP contribution in [-0.4, -0.2) is 29.1 Å². The van der Waals surface area contributed by atoms with Crippen LogP contribution >= 0.6 is 0 Å². The first kappa shape index (κ1) is 19.1. The average molecular weight is 286 g/mol. The van der Waals surface area contributed by atoms with E-state index in [0.29, 0.717) is 13.0 Å². The van der Waals surface area contributed by atoms with Crippen LogP contribution in [0.1, 0.15) is 70.6 Å². The number of aliphatic hydroxyl groups is 2. The highest BCUT2D eigenvalue weighted by Crippen LogP contribution is 2.12. The average Bonchev–Trinajstić information content (AvgIpc) is 2.44. The van der Waals surface area contributed by atoms with Crippen molar-refractivity contribution in [2.45, 2.75) is 76.9 Å². The van der Waals surface area contributed by atoms with Crippen molar-refractivity contribution in [1.82, 2.24) is 0 Å². The maximum atomic E-state index is 10.8. The fourth-order valence-corrected chi connectivity index (χ4v) is 2.09. The maximum Gasteiger partial charge on any atom is 0.332 e. The molecule has 1 unspecified atom stereocenters. The lowest BCUT2D eigenvalue weighted by molar-refractivity contribution is -0.162. The molecule has 2 N–H and O–H groups in total. The molecule has 0 rings (SSSR count). The van der Waals surface area contributed by atoms with E-state index >= 15 is 0 Å². The Kier molecular flexibility index (Phi) is 13.9. The van der Waals surface area contributed by atoms with Gasteiger partial charge < -0.3 is 14.9 Å². The molecule has 0 saturated heterocycles. The van der Waals surface area contributed by atoms with Gasteiger partial charge in [-0.2, -0.15) is 0 Å². The summed E-state index contributed by atoms with van der Waals surface area (Å²) in [7, 11) is 0. The van der Waals surface area contributed by atoms with Crippen molar-refractivity contribution < 1.29 is 19.7 Å². The van der Waals surface area contributed by atoms with Crippen LogP contribution in [0.2, 0.25) is 0 Å². The van der Waals surface area contributed by atoms with Crippen LogP contribution in [0, 0.1) is 0 Å². The number of unbranched alkanes of at least 4 members (excludes halogenated alkanes) is 9. The van der Waals surface area contributed by atoms with E-state index < -0.39 is 12.3 Å². The monoisotopic (exact) mass is 286 g/mol. The normalized spacial score (nSPS) is 12.1. The summed E-state index contributed by atoms with van der Waals surface area (Å²) < 4.78 is 4.67. The molecule has 1 atom stereocenters. The number of hydrogen-bond donors (Lipinski definition) is 2. The Morgan fingerprint density at radius 2 is 1.40 bits per heavy atom. The Balaban J connectivity index is 3.16. The van der Waals surface area contributed by atoms with Crippen LogP contribution in [0.25, 0.3) is 0 Å². The van der Waals surface area contributed by atoms with E-state index in [1.807, 2.05) is 0 Å². The molecule has 0 fully saturated rings. The Hall–Kier alpha value is -0.870. The predicted octanol–water partition coefficient (Wildman–Crippen LogP) is 3.32. The standard InChI is InChI=1S/C16H30O4/c1-2-15(18)20-16(19)13-11-9-7-5-3-4-6-8-10-12-14-17/h2,16-17,19H,1,3-14H2. The minimum atomic E-state index is -0.993. The molecule has 4 nitrogen and oxygen atoms in total. The van der Waals surface area contributed by atoms with E-state index in [2.05, 4.69) is 11.3 Å². The molecular weight excluding hydrogens is 256 g/mol. The fourth-order valence-electron chi connectivity index (χ4n) is 2.09. The van der Waals surface area contributed by atoms with Gasteiger partial charge in [0, 0.05) is 19.1 Å². The number of carbonyl (C=O) groups excluding carboxylic acids is 1. The molecule has 0 spiro atoms. The lowest BCUT2D eigenvalue weighted by Crippen LogP contribution is -2.15. The highest BCUT2D eigenvalue weighted by molar-refractivity contribution is 5.81. The molecule has 0 aliphatic carbocycles. The van der Waals surface area contributed by atoms with Crippen molar-refractivity contribution in [3.63, 3.8) is 0 Å². The quantitative estimate of drug-likeness (QED) is 0.222. The van der Waals surface area contributed by atoms with Crippen LogP contribution in [0.5, 0.6) is 0 Å². The van der Waals surface area contributed by atoms with E-state index in [1.54, 1.807) is 0 Å². The van der Waals surface area contributed by atoms with E-state index in [9.17, 15) is 9.90 Å². The third-order valence-corrected chi connectivity index (χ3v) is 3.28. The van der Waals surface area contributed by atoms with E-state index in [1.165, 1.54) is 38.5 Å². The second-order valence-electron chi connectivity index (χ2n) is 5.14. The summed E-state index contributed by atoms with van der Waals surface area (Å²) >= 11 is 0. The molecule has 0 amide bonds. The summed E-state index contributed by atoms with van der Waals surface area (Å²) in [6.45, 7) is 3.59. The number of ether oxygens (including phenoxy) is 1. The van der Waals surface area contributed by atoms with Crippen LogP contribution in [0.3, 0.4) is 0 Å². The van der Waals surface area contributed by atoms with Gasteiger partial charge >= 0.3 is 5.97 Å². The zero-order valence-corrected chi connectivity index (χ0v) is 12.6. The summed E-state index contributed by atoms with van der Waals surface area (Å²) in [6, 6.07) is 0. The molecule has 4 heteroatoms. The van der Waals surface area contributed by atoms with Crippen molar-refractivity contribution >= 4 is 5.97 Å². The second kappa shape index (κ2) is 14.5. The minimum absolute atomic E-state index is 0.313. The first-order valence-corrected chi connectivity index (χ1v) is 7.82. The minimum Gasteiger partial charge on any atom is -0.433 e. The van der Waals surface area contributed by atoms with Crippen molar-refractivity contribution in [1.29, 1.82) is 0 Å². The van der Waals surface area contributed by atoms with Crippen molar-refractivity contribution in [2.24, 2.45) is 0 Å². The molecule has 0 radical (unpaired) electrons. The zero-order valence-electron chi connectivity index (χ0n) is 12.6. The van der Waals surface area contributed by atoms with Gasteiger partial charge in [-0.05, 0) is 12.8 Å². The van der Waals surface area contributed by atoms with Gasteiger partial charge in [0.1, 0.15) is 0 Å². The van der Waals surface area contributed by atoms with E-state index in [0.717, 1.165) is 31.8 Å². The summed E-state index contributed by atoms with van der Waals surface area (Å²) in [5.41, 5.74) is 0. The Labute approximate surface area is 122 Å². The Morgan fingerprint density at radius 3 is 1.85 bits per heavy atom. The van der Waals surface area contributed by atoms with Crippen LogP contribution in [0.4, 0.5) is 0 Å². The van der Waals surface area contributed by atoms with Gasteiger partial charge in [-0.25, -0.2) is 4.79 Å². The molecule has 0 bridgehead atoms. The number of hydrogen-bond acceptors (Lipinski definition) is 4. The first-order chi connectivity index (χ1) is 9.70. The third kappa shape index (κ3) is 13.6. The van der Waals surface area contributed by atoms with Gasteiger partial charge in [0.05, 0.1) is 0 Å². The largest absolute Gasteiger partial charge is 0.433 e. The molecule has 0 aromatic carbocycles. The predicted molar refractivity (Wildman–Crippen MR) is 80.2 cm³/mol. The van der Waals surface area contributed by atoms with Crippen LogP contribution < -0.4 is 0 Å². The first-order valence-electron chi connectivity index (χ1n) is 7.82. The van der Waals surface area contributed by atoms with Crippen LogP contribution in [-0.2, 0) is 9.53 Å². The highest BCUT2D eigenvalue weighted by Gasteiger charge is 2.07. The molecule has 0 saturated carbocycles. The zero-order chi connectivity index (χ0) is 15.1. The van der Waals surface area contributed by atoms with Gasteiger partial charge in [-0.15, -0.1) is 0 Å². The van der Waals surface area contributed by atoms with Crippen LogP contribution in [0.15, 0.2) is 12.7 Å². The third-order valence-electron chi connectivity index (χ3n) is 3.28. The maximum absolute atomic E-state index is 10.8. The summed E-state index contributed by atoms with van der Waals surface area (Å²) in [4.78, 5) is 10.8. The van der Waals surface area contributed by atoms with E-state index in [4.69, 9.17) is 5.11 Å². The molecule has 0 aromatic heterocycles. The molecule has 118 valence electrons. The molecule has 20 heavy (non-hydrogen) atoms. The van der Waals surface area contributed by atoms with Gasteiger partial charge in [0.2, 0.25) is 6.29 Å². The number of carbonyl (C=O) groups is 1. The molecule has 0 aromatic rings. The molecule has 0 aliphatic heterocycles. The fraction of sp³-hybridized carbons (Fsp3) is 0.812. The van der Waals surface area contributed by atoms with Gasteiger partial charge in [0.25, 0.3) is 0 Å². The van der Waals surface area contributed by atoms with Gasteiger partial charge in [-0.1, -0.05) is 57.9 Å². The SMILES string of the molecule is C=CC(=O)OC(O)CCCCCCCCCCCCO. The number of esters is 1. The lowest BCUT2D eigenvalue weighted by Gasteiger charge is -2.10. The van der Waals surface area contributed by atoms with Gasteiger partial charge in [-0.3, -0.25) is 0 Å². The lowest BCUT2D eigenvalue weighted by atomic mass is 10.1. The van der Waals surface area contributed by atoms with Gasteiger partial charge in [0.15, 0.2) is 0 Å². The summed E-state index contributed by atoms with van der Waals surface area (Å²) in [5.74, 6) is -0.571. The van der Waals surface area contributed by atoms with E-state index in [-0.39, 0.29) is 0 Å². The molecule has 0 aliphatic rings. The summed E-state index contributed by atoms with van der Waals surface area (Å²) in [5, 5.41) is 18.0. The highest BCUT2D eigenvalue weighted by atomic mass is 16.6. The second-order valence-corrected chi connectivity index (χ2v) is 5.14. The van der Waals surface area contributed by atoms with Crippen molar-refractivity contribution in [3.8, 4) is 0 Å².